The van der Waals surface area contributed by atoms with Crippen LogP contribution in [0.5, 0.6) is 34.5 Å². The molecule has 0 fully saturated rings. The first-order chi connectivity index (χ1) is 16.1. The highest BCUT2D eigenvalue weighted by molar-refractivity contribution is 5.62. The first-order valence-corrected chi connectivity index (χ1v) is 10.1. The van der Waals surface area contributed by atoms with Crippen molar-refractivity contribution in [3.63, 3.8) is 0 Å². The highest BCUT2D eigenvalue weighted by Crippen LogP contribution is 2.33. The molecule has 0 unspecified atom stereocenters. The summed E-state index contributed by atoms with van der Waals surface area (Å²) in [5, 5.41) is 0. The molecule has 0 spiro atoms. The Morgan fingerprint density at radius 3 is 1.67 bits per heavy atom. The van der Waals surface area contributed by atoms with Crippen molar-refractivity contribution in [3.05, 3.63) is 70.8 Å². The predicted molar refractivity (Wildman–Crippen MR) is 124 cm³/mol. The smallest absolute Gasteiger partial charge is 0.231 e. The molecular formula is C27H22O6. The maximum absolute atomic E-state index is 5.46. The lowest BCUT2D eigenvalue weighted by atomic mass is 10.1. The van der Waals surface area contributed by atoms with Crippen LogP contribution in [-0.4, -0.2) is 35.2 Å². The van der Waals surface area contributed by atoms with Crippen molar-refractivity contribution < 1.29 is 28.4 Å². The Kier molecular flexibility index (Phi) is 6.48. The molecule has 0 radical (unpaired) electrons. The average molecular weight is 442 g/mol. The van der Waals surface area contributed by atoms with Crippen LogP contribution in [-0.2, 0) is 0 Å². The molecule has 4 rings (SSSR count). The molecule has 0 N–H and O–H groups in total. The van der Waals surface area contributed by atoms with Gasteiger partial charge in [0, 0.05) is 34.4 Å². The number of benzene rings is 3. The summed E-state index contributed by atoms with van der Waals surface area (Å²) in [5.41, 5.74) is 2.99. The number of rotatable bonds is 4. The van der Waals surface area contributed by atoms with Gasteiger partial charge < -0.3 is 28.4 Å². The second kappa shape index (κ2) is 9.80. The lowest BCUT2D eigenvalue weighted by molar-refractivity contribution is 0.174. The predicted octanol–water partition coefficient (Wildman–Crippen LogP) is 4.25. The summed E-state index contributed by atoms with van der Waals surface area (Å²) in [6.45, 7) is 0.220. The summed E-state index contributed by atoms with van der Waals surface area (Å²) < 4.78 is 32.4. The maximum Gasteiger partial charge on any atom is 0.231 e. The zero-order valence-electron chi connectivity index (χ0n) is 18.8. The molecule has 0 saturated heterocycles. The zero-order valence-corrected chi connectivity index (χ0v) is 18.8. The highest BCUT2D eigenvalue weighted by Gasteiger charge is 2.13. The van der Waals surface area contributed by atoms with Crippen molar-refractivity contribution >= 4 is 0 Å². The van der Waals surface area contributed by atoms with Gasteiger partial charge in [0.1, 0.15) is 0 Å². The molecule has 33 heavy (non-hydrogen) atoms. The van der Waals surface area contributed by atoms with Crippen LogP contribution >= 0.6 is 0 Å². The van der Waals surface area contributed by atoms with Crippen LogP contribution in [0.15, 0.2) is 48.5 Å². The van der Waals surface area contributed by atoms with Gasteiger partial charge in [-0.25, -0.2) is 0 Å². The molecule has 0 bridgehead atoms. The van der Waals surface area contributed by atoms with E-state index in [0.717, 1.165) is 11.1 Å². The summed E-state index contributed by atoms with van der Waals surface area (Å²) in [5.74, 6) is 16.5. The van der Waals surface area contributed by atoms with Gasteiger partial charge in [-0.05, 0) is 36.4 Å². The quantitative estimate of drug-likeness (QED) is 0.563. The monoisotopic (exact) mass is 442 g/mol. The molecule has 1 aliphatic heterocycles. The fourth-order valence-electron chi connectivity index (χ4n) is 3.25. The minimum Gasteiger partial charge on any atom is -0.493 e. The summed E-state index contributed by atoms with van der Waals surface area (Å²) in [6.07, 6.45) is 0. The standard InChI is InChI=1S/C27H22O6/c1-28-22-11-7-18(13-24(22)29-2)5-9-20-15-25(30-3)26(31-4)16-21(20)10-6-19-8-12-23-27(14-19)33-17-32-23/h7-8,11-16H,17H2,1-4H3. The second-order valence-corrected chi connectivity index (χ2v) is 6.89. The van der Waals surface area contributed by atoms with E-state index in [4.69, 9.17) is 28.4 Å². The Bertz CT molecular complexity index is 1300. The van der Waals surface area contributed by atoms with Gasteiger partial charge in [0.25, 0.3) is 0 Å². The number of hydrogen-bond acceptors (Lipinski definition) is 6. The molecule has 0 aromatic heterocycles. The minimum atomic E-state index is 0.220. The molecule has 0 amide bonds. The summed E-state index contributed by atoms with van der Waals surface area (Å²) in [7, 11) is 6.36. The molecule has 1 aliphatic rings. The van der Waals surface area contributed by atoms with Gasteiger partial charge in [-0.1, -0.05) is 23.7 Å². The van der Waals surface area contributed by atoms with E-state index in [1.165, 1.54) is 0 Å². The number of hydrogen-bond donors (Lipinski definition) is 0. The van der Waals surface area contributed by atoms with E-state index in [1.54, 1.807) is 28.4 Å². The Balaban J connectivity index is 1.74. The van der Waals surface area contributed by atoms with E-state index >= 15 is 0 Å². The fourth-order valence-corrected chi connectivity index (χ4v) is 3.25. The van der Waals surface area contributed by atoms with E-state index in [0.29, 0.717) is 45.6 Å². The number of fused-ring (bicyclic) bond motifs is 1. The number of ether oxygens (including phenoxy) is 6. The van der Waals surface area contributed by atoms with Gasteiger partial charge in [-0.15, -0.1) is 0 Å². The van der Waals surface area contributed by atoms with E-state index < -0.39 is 0 Å². The van der Waals surface area contributed by atoms with Gasteiger partial charge in [0.2, 0.25) is 6.79 Å². The Morgan fingerprint density at radius 2 is 1.06 bits per heavy atom. The van der Waals surface area contributed by atoms with Gasteiger partial charge in [-0.3, -0.25) is 0 Å². The van der Waals surface area contributed by atoms with E-state index in [1.807, 2.05) is 48.5 Å². The normalized spacial score (nSPS) is 10.9. The third-order valence-corrected chi connectivity index (χ3v) is 4.96. The Morgan fingerprint density at radius 1 is 0.545 bits per heavy atom. The van der Waals surface area contributed by atoms with Gasteiger partial charge in [-0.2, -0.15) is 0 Å². The Hall–Kier alpha value is -4.42. The largest absolute Gasteiger partial charge is 0.493 e. The van der Waals surface area contributed by atoms with Crippen molar-refractivity contribution in [1.82, 2.24) is 0 Å². The van der Waals surface area contributed by atoms with E-state index in [-0.39, 0.29) is 6.79 Å². The van der Waals surface area contributed by atoms with E-state index in [2.05, 4.69) is 23.7 Å². The van der Waals surface area contributed by atoms with Crippen LogP contribution in [0, 0.1) is 23.7 Å². The molecule has 3 aromatic carbocycles. The lowest BCUT2D eigenvalue weighted by Crippen LogP contribution is -1.94. The van der Waals surface area contributed by atoms with Crippen molar-refractivity contribution in [2.45, 2.75) is 0 Å². The molecule has 166 valence electrons. The van der Waals surface area contributed by atoms with Crippen LogP contribution in [0.1, 0.15) is 22.3 Å². The molecular weight excluding hydrogens is 420 g/mol. The van der Waals surface area contributed by atoms with Gasteiger partial charge in [0.05, 0.1) is 28.4 Å². The topological polar surface area (TPSA) is 55.4 Å². The zero-order chi connectivity index (χ0) is 23.2. The van der Waals surface area contributed by atoms with Crippen molar-refractivity contribution in [2.75, 3.05) is 35.2 Å². The molecule has 0 saturated carbocycles. The molecule has 6 nitrogen and oxygen atoms in total. The Labute approximate surface area is 193 Å². The van der Waals surface area contributed by atoms with Crippen molar-refractivity contribution in [3.8, 4) is 58.2 Å². The maximum atomic E-state index is 5.46. The first-order valence-electron chi connectivity index (χ1n) is 10.1. The van der Waals surface area contributed by atoms with Crippen LogP contribution in [0.25, 0.3) is 0 Å². The summed E-state index contributed by atoms with van der Waals surface area (Å²) in [6, 6.07) is 14.7. The molecule has 1 heterocycles. The second-order valence-electron chi connectivity index (χ2n) is 6.89. The van der Waals surface area contributed by atoms with Crippen molar-refractivity contribution in [1.29, 1.82) is 0 Å². The average Bonchev–Trinajstić information content (AvgIpc) is 3.33. The van der Waals surface area contributed by atoms with Crippen molar-refractivity contribution in [2.24, 2.45) is 0 Å². The molecule has 6 heteroatoms. The van der Waals surface area contributed by atoms with Crippen LogP contribution in [0.4, 0.5) is 0 Å². The SMILES string of the molecule is COc1ccc(C#Cc2cc(OC)c(OC)cc2C#Cc2ccc3c(c2)OCO3)cc1OC. The minimum absolute atomic E-state index is 0.220. The third kappa shape index (κ3) is 4.76. The van der Waals surface area contributed by atoms with Crippen LogP contribution in [0.3, 0.4) is 0 Å². The first kappa shape index (κ1) is 21.8. The molecule has 0 aliphatic carbocycles. The van der Waals surface area contributed by atoms with Gasteiger partial charge >= 0.3 is 0 Å². The van der Waals surface area contributed by atoms with Gasteiger partial charge in [0.15, 0.2) is 34.5 Å². The highest BCUT2D eigenvalue weighted by atomic mass is 16.7. The van der Waals surface area contributed by atoms with Crippen LogP contribution < -0.4 is 28.4 Å². The van der Waals surface area contributed by atoms with Crippen LogP contribution in [0.2, 0.25) is 0 Å². The third-order valence-electron chi connectivity index (χ3n) is 4.96. The van der Waals surface area contributed by atoms with E-state index in [9.17, 15) is 0 Å². The molecule has 0 atom stereocenters. The lowest BCUT2D eigenvalue weighted by Gasteiger charge is -2.09. The molecule has 3 aromatic rings. The summed E-state index contributed by atoms with van der Waals surface area (Å²) >= 11 is 0. The number of methoxy groups -OCH3 is 4. The summed E-state index contributed by atoms with van der Waals surface area (Å²) in [4.78, 5) is 0. The fraction of sp³-hybridized carbons (Fsp3) is 0.185.